The molecule has 2 aromatic heterocycles. The molecular weight excluding hydrogens is 411 g/mol. The first-order valence-corrected chi connectivity index (χ1v) is 10.4. The molecule has 142 valence electrons. The molecule has 0 aliphatic rings. The van der Waals surface area contributed by atoms with Gasteiger partial charge in [0.2, 0.25) is 0 Å². The van der Waals surface area contributed by atoms with Gasteiger partial charge in [0.05, 0.1) is 14.9 Å². The van der Waals surface area contributed by atoms with Gasteiger partial charge in [-0.3, -0.25) is 4.98 Å². The molecule has 0 saturated heterocycles. The predicted molar refractivity (Wildman–Crippen MR) is 119 cm³/mol. The summed E-state index contributed by atoms with van der Waals surface area (Å²) >= 11 is 13.6. The van der Waals surface area contributed by atoms with Crippen molar-refractivity contribution in [2.75, 3.05) is 11.9 Å². The molecule has 28 heavy (non-hydrogen) atoms. The van der Waals surface area contributed by atoms with Crippen LogP contribution >= 0.6 is 34.5 Å². The second-order valence-electron chi connectivity index (χ2n) is 6.56. The Morgan fingerprint density at radius 3 is 2.75 bits per heavy atom. The van der Waals surface area contributed by atoms with Gasteiger partial charge in [-0.05, 0) is 47.2 Å². The van der Waals surface area contributed by atoms with Crippen molar-refractivity contribution in [2.45, 2.75) is 12.5 Å². The third kappa shape index (κ3) is 4.45. The molecule has 4 nitrogen and oxygen atoms in total. The summed E-state index contributed by atoms with van der Waals surface area (Å²) in [5.74, 6) is 0. The number of benzene rings is 2. The Morgan fingerprint density at radius 1 is 1.00 bits per heavy atom. The van der Waals surface area contributed by atoms with Crippen LogP contribution < -0.4 is 11.1 Å². The fraction of sp³-hybridized carbons (Fsp3) is 0.143. The van der Waals surface area contributed by atoms with Gasteiger partial charge in [0, 0.05) is 36.6 Å². The first-order valence-electron chi connectivity index (χ1n) is 8.82. The van der Waals surface area contributed by atoms with E-state index in [1.165, 1.54) is 5.39 Å². The Kier molecular flexibility index (Phi) is 5.78. The summed E-state index contributed by atoms with van der Waals surface area (Å²) in [7, 11) is 0. The SMILES string of the molecule is N[C@H](CNc1ncc(-c2ccc3cnccc3c2)s1)Cc1ccc(Cl)c(Cl)c1. The molecule has 0 spiro atoms. The van der Waals surface area contributed by atoms with Crippen LogP contribution in [0.2, 0.25) is 10.0 Å². The second-order valence-corrected chi connectivity index (χ2v) is 8.41. The minimum absolute atomic E-state index is 0.0576. The molecule has 4 aromatic rings. The smallest absolute Gasteiger partial charge is 0.183 e. The third-order valence-corrected chi connectivity index (χ3v) is 6.17. The molecule has 0 amide bonds. The predicted octanol–water partition coefficient (Wildman–Crippen LogP) is 5.65. The molecule has 3 N–H and O–H groups in total. The number of aromatic nitrogens is 2. The highest BCUT2D eigenvalue weighted by Crippen LogP contribution is 2.31. The lowest BCUT2D eigenvalue weighted by atomic mass is 10.1. The molecule has 0 unspecified atom stereocenters. The zero-order valence-electron chi connectivity index (χ0n) is 14.9. The number of hydrogen-bond donors (Lipinski definition) is 2. The van der Waals surface area contributed by atoms with E-state index in [0.29, 0.717) is 23.0 Å². The van der Waals surface area contributed by atoms with Crippen LogP contribution in [-0.4, -0.2) is 22.6 Å². The Bertz CT molecular complexity index is 1110. The summed E-state index contributed by atoms with van der Waals surface area (Å²) in [6.45, 7) is 0.622. The maximum Gasteiger partial charge on any atom is 0.183 e. The summed E-state index contributed by atoms with van der Waals surface area (Å²) in [5, 5.41) is 7.58. The molecule has 0 bridgehead atoms. The van der Waals surface area contributed by atoms with Gasteiger partial charge < -0.3 is 11.1 Å². The lowest BCUT2D eigenvalue weighted by Crippen LogP contribution is -2.31. The van der Waals surface area contributed by atoms with Crippen molar-refractivity contribution in [3.63, 3.8) is 0 Å². The van der Waals surface area contributed by atoms with E-state index in [1.54, 1.807) is 23.6 Å². The molecule has 2 aromatic carbocycles. The van der Waals surface area contributed by atoms with E-state index in [2.05, 4.69) is 33.5 Å². The number of thiazole rings is 1. The maximum absolute atomic E-state index is 6.25. The van der Waals surface area contributed by atoms with E-state index in [4.69, 9.17) is 28.9 Å². The Labute approximate surface area is 177 Å². The van der Waals surface area contributed by atoms with Crippen LogP contribution in [0.25, 0.3) is 21.2 Å². The fourth-order valence-corrected chi connectivity index (χ4v) is 4.13. The fourth-order valence-electron chi connectivity index (χ4n) is 2.99. The minimum Gasteiger partial charge on any atom is -0.360 e. The first-order chi connectivity index (χ1) is 13.6. The average molecular weight is 429 g/mol. The van der Waals surface area contributed by atoms with Crippen molar-refractivity contribution < 1.29 is 0 Å². The van der Waals surface area contributed by atoms with Gasteiger partial charge in [0.15, 0.2) is 5.13 Å². The van der Waals surface area contributed by atoms with Gasteiger partial charge in [-0.1, -0.05) is 52.7 Å². The molecule has 0 fully saturated rings. The van der Waals surface area contributed by atoms with Crippen molar-refractivity contribution in [2.24, 2.45) is 5.73 Å². The van der Waals surface area contributed by atoms with Gasteiger partial charge >= 0.3 is 0 Å². The number of pyridine rings is 1. The molecular formula is C21H18Cl2N4S. The second kappa shape index (κ2) is 8.45. The Hall–Kier alpha value is -2.18. The molecule has 0 aliphatic carbocycles. The number of rotatable bonds is 6. The number of fused-ring (bicyclic) bond motifs is 1. The molecule has 0 radical (unpaired) electrons. The van der Waals surface area contributed by atoms with Crippen molar-refractivity contribution in [1.29, 1.82) is 0 Å². The monoisotopic (exact) mass is 428 g/mol. The first kappa shape index (κ1) is 19.2. The third-order valence-electron chi connectivity index (χ3n) is 4.43. The van der Waals surface area contributed by atoms with Gasteiger partial charge in [0.1, 0.15) is 0 Å². The van der Waals surface area contributed by atoms with Crippen LogP contribution in [0.4, 0.5) is 5.13 Å². The number of nitrogens with two attached hydrogens (primary N) is 1. The molecule has 0 saturated carbocycles. The van der Waals surface area contributed by atoms with Gasteiger partial charge in [-0.25, -0.2) is 4.98 Å². The van der Waals surface area contributed by atoms with Crippen molar-refractivity contribution in [1.82, 2.24) is 9.97 Å². The molecule has 4 rings (SSSR count). The van der Waals surface area contributed by atoms with Gasteiger partial charge in [-0.2, -0.15) is 0 Å². The highest BCUT2D eigenvalue weighted by atomic mass is 35.5. The summed E-state index contributed by atoms with van der Waals surface area (Å²) < 4.78 is 0. The Balaban J connectivity index is 1.39. The van der Waals surface area contributed by atoms with Crippen LogP contribution in [-0.2, 0) is 6.42 Å². The quantitative estimate of drug-likeness (QED) is 0.416. The van der Waals surface area contributed by atoms with Crippen LogP contribution in [0.15, 0.2) is 61.1 Å². The number of hydrogen-bond acceptors (Lipinski definition) is 5. The number of anilines is 1. The summed E-state index contributed by atoms with van der Waals surface area (Å²) in [6.07, 6.45) is 6.27. The zero-order valence-corrected chi connectivity index (χ0v) is 17.2. The summed E-state index contributed by atoms with van der Waals surface area (Å²) in [6, 6.07) is 13.9. The number of nitrogens with zero attached hydrogens (tertiary/aromatic N) is 2. The highest BCUT2D eigenvalue weighted by molar-refractivity contribution is 7.18. The van der Waals surface area contributed by atoms with E-state index < -0.39 is 0 Å². The normalized spacial score (nSPS) is 12.2. The van der Waals surface area contributed by atoms with Crippen LogP contribution in [0, 0.1) is 0 Å². The van der Waals surface area contributed by atoms with Crippen molar-refractivity contribution >= 4 is 50.4 Å². The lowest BCUT2D eigenvalue weighted by molar-refractivity contribution is 0.699. The topological polar surface area (TPSA) is 63.8 Å². The van der Waals surface area contributed by atoms with E-state index in [9.17, 15) is 0 Å². The van der Waals surface area contributed by atoms with Crippen LogP contribution in [0.3, 0.4) is 0 Å². The average Bonchev–Trinajstić information content (AvgIpc) is 3.18. The van der Waals surface area contributed by atoms with Crippen LogP contribution in [0.1, 0.15) is 5.56 Å². The Morgan fingerprint density at radius 2 is 1.89 bits per heavy atom. The summed E-state index contributed by atoms with van der Waals surface area (Å²) in [5.41, 5.74) is 8.46. The molecule has 0 aliphatic heterocycles. The van der Waals surface area contributed by atoms with Crippen molar-refractivity contribution in [3.8, 4) is 10.4 Å². The molecule has 2 heterocycles. The van der Waals surface area contributed by atoms with Crippen LogP contribution in [0.5, 0.6) is 0 Å². The van der Waals surface area contributed by atoms with E-state index >= 15 is 0 Å². The standard InChI is InChI=1S/C21H18Cl2N4S/c22-18-4-1-13(8-19(18)23)7-17(24)11-26-21-27-12-20(28-21)15-2-3-16-10-25-6-5-14(16)9-15/h1-6,8-10,12,17H,7,11,24H2,(H,26,27)/t17-/m0/s1. The van der Waals surface area contributed by atoms with E-state index in [1.807, 2.05) is 30.6 Å². The minimum atomic E-state index is -0.0576. The maximum atomic E-state index is 6.25. The summed E-state index contributed by atoms with van der Waals surface area (Å²) in [4.78, 5) is 9.74. The molecule has 7 heteroatoms. The largest absolute Gasteiger partial charge is 0.360 e. The van der Waals surface area contributed by atoms with Gasteiger partial charge in [-0.15, -0.1) is 0 Å². The zero-order chi connectivity index (χ0) is 19.5. The highest BCUT2D eigenvalue weighted by Gasteiger charge is 2.09. The van der Waals surface area contributed by atoms with E-state index in [0.717, 1.165) is 26.5 Å². The number of nitrogens with one attached hydrogen (secondary N) is 1. The van der Waals surface area contributed by atoms with Gasteiger partial charge in [0.25, 0.3) is 0 Å². The van der Waals surface area contributed by atoms with Crippen molar-refractivity contribution in [3.05, 3.63) is 76.7 Å². The van der Waals surface area contributed by atoms with E-state index in [-0.39, 0.29) is 6.04 Å². The number of halogens is 2. The molecule has 1 atom stereocenters. The lowest BCUT2D eigenvalue weighted by Gasteiger charge is -2.12.